The number of oxazole rings is 1. The number of hydrogen-bond donors (Lipinski definition) is 1. The van der Waals surface area contributed by atoms with Crippen molar-refractivity contribution in [2.24, 2.45) is 0 Å². The molecule has 5 aromatic rings. The molecule has 2 aromatic carbocycles. The zero-order valence-corrected chi connectivity index (χ0v) is 12.7. The van der Waals surface area contributed by atoms with Gasteiger partial charge in [-0.2, -0.15) is 4.98 Å². The van der Waals surface area contributed by atoms with E-state index < -0.39 is 0 Å². The fourth-order valence-corrected chi connectivity index (χ4v) is 3.05. The van der Waals surface area contributed by atoms with Gasteiger partial charge in [0.15, 0.2) is 11.2 Å². The Morgan fingerprint density at radius 2 is 1.79 bits per heavy atom. The van der Waals surface area contributed by atoms with Crippen molar-refractivity contribution in [1.82, 2.24) is 15.0 Å². The largest absolute Gasteiger partial charge is 0.434 e. The predicted molar refractivity (Wildman–Crippen MR) is 94.5 cm³/mol. The highest BCUT2D eigenvalue weighted by Crippen LogP contribution is 2.31. The SMILES string of the molecule is c1cc(-c2nc3ncccc3o2)cc(-c2cccc3[nH]ccc23)c1. The van der Waals surface area contributed by atoms with Crippen LogP contribution in [-0.4, -0.2) is 15.0 Å². The number of fused-ring (bicyclic) bond motifs is 2. The van der Waals surface area contributed by atoms with Crippen molar-refractivity contribution < 1.29 is 4.42 Å². The average Bonchev–Trinajstić information content (AvgIpc) is 3.28. The lowest BCUT2D eigenvalue weighted by atomic mass is 10.00. The maximum Gasteiger partial charge on any atom is 0.228 e. The second-order valence-electron chi connectivity index (χ2n) is 5.67. The number of H-pyrrole nitrogens is 1. The van der Waals surface area contributed by atoms with Gasteiger partial charge >= 0.3 is 0 Å². The van der Waals surface area contributed by atoms with Gasteiger partial charge in [-0.15, -0.1) is 0 Å². The summed E-state index contributed by atoms with van der Waals surface area (Å²) in [6.07, 6.45) is 3.68. The number of nitrogens with one attached hydrogen (secondary N) is 1. The van der Waals surface area contributed by atoms with Crippen LogP contribution in [0.4, 0.5) is 0 Å². The van der Waals surface area contributed by atoms with Crippen LogP contribution in [0.3, 0.4) is 0 Å². The second kappa shape index (κ2) is 5.06. The van der Waals surface area contributed by atoms with Crippen molar-refractivity contribution in [2.75, 3.05) is 0 Å². The standard InChI is InChI=1S/C20H13N3O/c1-4-13(15-6-2-7-17-16(15)9-11-21-17)12-14(5-1)20-23-19-18(24-20)8-3-10-22-19/h1-12,21H. The summed E-state index contributed by atoms with van der Waals surface area (Å²) in [7, 11) is 0. The lowest BCUT2D eigenvalue weighted by Crippen LogP contribution is -1.82. The predicted octanol–water partition coefficient (Wildman–Crippen LogP) is 5.04. The number of hydrogen-bond acceptors (Lipinski definition) is 3. The Labute approximate surface area is 137 Å². The van der Waals surface area contributed by atoms with E-state index in [-0.39, 0.29) is 0 Å². The van der Waals surface area contributed by atoms with E-state index in [1.54, 1.807) is 6.20 Å². The smallest absolute Gasteiger partial charge is 0.228 e. The minimum absolute atomic E-state index is 0.590. The van der Waals surface area contributed by atoms with Crippen molar-refractivity contribution in [3.63, 3.8) is 0 Å². The molecular formula is C20H13N3O. The third-order valence-electron chi connectivity index (χ3n) is 4.18. The van der Waals surface area contributed by atoms with E-state index >= 15 is 0 Å². The van der Waals surface area contributed by atoms with Crippen LogP contribution in [0.5, 0.6) is 0 Å². The molecule has 0 unspecified atom stereocenters. The van der Waals surface area contributed by atoms with Crippen LogP contribution >= 0.6 is 0 Å². The number of aromatic nitrogens is 3. The van der Waals surface area contributed by atoms with Gasteiger partial charge in [-0.25, -0.2) is 4.98 Å². The Kier molecular flexibility index (Phi) is 2.76. The van der Waals surface area contributed by atoms with Crippen LogP contribution in [0, 0.1) is 0 Å². The van der Waals surface area contributed by atoms with E-state index in [4.69, 9.17) is 4.42 Å². The molecule has 0 aliphatic rings. The van der Waals surface area contributed by atoms with Gasteiger partial charge < -0.3 is 9.40 Å². The molecule has 0 amide bonds. The van der Waals surface area contributed by atoms with E-state index in [2.05, 4.69) is 51.4 Å². The highest BCUT2D eigenvalue weighted by atomic mass is 16.3. The molecule has 4 heteroatoms. The quantitative estimate of drug-likeness (QED) is 0.497. The average molecular weight is 311 g/mol. The van der Waals surface area contributed by atoms with Gasteiger partial charge in [-0.1, -0.05) is 24.3 Å². The van der Waals surface area contributed by atoms with Gasteiger partial charge in [0.25, 0.3) is 0 Å². The number of aromatic amines is 1. The zero-order valence-electron chi connectivity index (χ0n) is 12.7. The maximum absolute atomic E-state index is 5.84. The Morgan fingerprint density at radius 3 is 2.75 bits per heavy atom. The molecule has 114 valence electrons. The van der Waals surface area contributed by atoms with Gasteiger partial charge in [0.05, 0.1) is 0 Å². The minimum atomic E-state index is 0.590. The van der Waals surface area contributed by atoms with Crippen LogP contribution in [0.1, 0.15) is 0 Å². The highest BCUT2D eigenvalue weighted by molar-refractivity contribution is 5.95. The lowest BCUT2D eigenvalue weighted by molar-refractivity contribution is 0.619. The van der Waals surface area contributed by atoms with Crippen LogP contribution in [-0.2, 0) is 0 Å². The molecule has 3 aromatic heterocycles. The van der Waals surface area contributed by atoms with Gasteiger partial charge in [0.1, 0.15) is 0 Å². The van der Waals surface area contributed by atoms with Crippen LogP contribution in [0.2, 0.25) is 0 Å². The van der Waals surface area contributed by atoms with Crippen LogP contribution < -0.4 is 0 Å². The molecule has 0 aliphatic heterocycles. The first-order chi connectivity index (χ1) is 11.9. The summed E-state index contributed by atoms with van der Waals surface area (Å²) < 4.78 is 5.84. The summed E-state index contributed by atoms with van der Waals surface area (Å²) in [5.41, 5.74) is 5.72. The monoisotopic (exact) mass is 311 g/mol. The molecule has 0 fully saturated rings. The van der Waals surface area contributed by atoms with Crippen molar-refractivity contribution in [2.45, 2.75) is 0 Å². The van der Waals surface area contributed by atoms with Crippen molar-refractivity contribution in [1.29, 1.82) is 0 Å². The third kappa shape index (κ3) is 2.01. The third-order valence-corrected chi connectivity index (χ3v) is 4.18. The van der Waals surface area contributed by atoms with E-state index in [0.717, 1.165) is 16.6 Å². The Bertz CT molecular complexity index is 1140. The van der Waals surface area contributed by atoms with Crippen molar-refractivity contribution >= 4 is 22.1 Å². The molecule has 0 saturated carbocycles. The Hall–Kier alpha value is -3.40. The number of nitrogens with zero attached hydrogens (tertiary/aromatic N) is 2. The van der Waals surface area contributed by atoms with Crippen LogP contribution in [0.15, 0.2) is 77.5 Å². The molecular weight excluding hydrogens is 298 g/mol. The molecule has 3 heterocycles. The first kappa shape index (κ1) is 13.1. The van der Waals surface area contributed by atoms with Gasteiger partial charge in [0.2, 0.25) is 5.89 Å². The van der Waals surface area contributed by atoms with E-state index in [1.165, 1.54) is 10.9 Å². The topological polar surface area (TPSA) is 54.7 Å². The Morgan fingerprint density at radius 1 is 0.875 bits per heavy atom. The summed E-state index contributed by atoms with van der Waals surface area (Å²) in [5, 5.41) is 1.20. The first-order valence-electron chi connectivity index (χ1n) is 7.77. The molecule has 1 N–H and O–H groups in total. The molecule has 0 bridgehead atoms. The van der Waals surface area contributed by atoms with E-state index in [9.17, 15) is 0 Å². The summed E-state index contributed by atoms with van der Waals surface area (Å²) in [6.45, 7) is 0. The highest BCUT2D eigenvalue weighted by Gasteiger charge is 2.11. The first-order valence-corrected chi connectivity index (χ1v) is 7.77. The van der Waals surface area contributed by atoms with Gasteiger partial charge in [-0.3, -0.25) is 0 Å². The number of benzene rings is 2. The van der Waals surface area contributed by atoms with Crippen molar-refractivity contribution in [3.8, 4) is 22.6 Å². The summed E-state index contributed by atoms with van der Waals surface area (Å²) in [6, 6.07) is 20.3. The van der Waals surface area contributed by atoms with E-state index in [1.807, 2.05) is 30.5 Å². The van der Waals surface area contributed by atoms with Gasteiger partial charge in [-0.05, 0) is 47.5 Å². The molecule has 0 aliphatic carbocycles. The molecule has 0 radical (unpaired) electrons. The lowest BCUT2D eigenvalue weighted by Gasteiger charge is -2.05. The van der Waals surface area contributed by atoms with Crippen LogP contribution in [0.25, 0.3) is 44.7 Å². The normalized spacial score (nSPS) is 11.3. The molecule has 0 atom stereocenters. The number of rotatable bonds is 2. The molecule has 0 saturated heterocycles. The maximum atomic E-state index is 5.84. The van der Waals surface area contributed by atoms with Gasteiger partial charge in [0, 0.05) is 28.9 Å². The molecule has 24 heavy (non-hydrogen) atoms. The Balaban J connectivity index is 1.67. The summed E-state index contributed by atoms with van der Waals surface area (Å²) in [5.74, 6) is 0.590. The minimum Gasteiger partial charge on any atom is -0.434 e. The van der Waals surface area contributed by atoms with Crippen molar-refractivity contribution in [3.05, 3.63) is 73.1 Å². The molecule has 4 nitrogen and oxygen atoms in total. The van der Waals surface area contributed by atoms with E-state index in [0.29, 0.717) is 17.1 Å². The summed E-state index contributed by atoms with van der Waals surface area (Å²) >= 11 is 0. The number of pyridine rings is 1. The fraction of sp³-hybridized carbons (Fsp3) is 0. The fourth-order valence-electron chi connectivity index (χ4n) is 3.05. The molecule has 0 spiro atoms. The second-order valence-corrected chi connectivity index (χ2v) is 5.67. The molecule has 5 rings (SSSR count). The zero-order chi connectivity index (χ0) is 15.9. The summed E-state index contributed by atoms with van der Waals surface area (Å²) in [4.78, 5) is 12.0.